The summed E-state index contributed by atoms with van der Waals surface area (Å²) in [6, 6.07) is 3.96. The van der Waals surface area contributed by atoms with Crippen LogP contribution in [0.15, 0.2) is 24.3 Å². The van der Waals surface area contributed by atoms with Crippen molar-refractivity contribution in [1.82, 2.24) is 0 Å². The molecule has 1 unspecified atom stereocenters. The Labute approximate surface area is 170 Å². The third-order valence-electron chi connectivity index (χ3n) is 4.99. The Morgan fingerprint density at radius 3 is 2.30 bits per heavy atom. The SMILES string of the molecule is Cc1ccc(Nc2c(F)c(F)cc(F)c2NS(=O)(=O)C2(CC(O)CO)CC2)c(F)c1. The van der Waals surface area contributed by atoms with Gasteiger partial charge in [-0.2, -0.15) is 0 Å². The molecule has 0 saturated heterocycles. The molecule has 0 bridgehead atoms. The first-order valence-electron chi connectivity index (χ1n) is 9.01. The second-order valence-electron chi connectivity index (χ2n) is 7.34. The molecule has 0 radical (unpaired) electrons. The van der Waals surface area contributed by atoms with E-state index in [1.807, 2.05) is 4.72 Å². The molecule has 11 heteroatoms. The number of halogens is 4. The van der Waals surface area contributed by atoms with Crippen molar-refractivity contribution in [1.29, 1.82) is 0 Å². The fourth-order valence-corrected chi connectivity index (χ4v) is 4.86. The molecule has 2 aromatic carbocycles. The maximum atomic E-state index is 14.5. The van der Waals surface area contributed by atoms with Crippen molar-refractivity contribution in [2.75, 3.05) is 16.6 Å². The number of aliphatic hydroxyl groups excluding tert-OH is 2. The Bertz CT molecular complexity index is 1070. The monoisotopic (exact) mass is 448 g/mol. The van der Waals surface area contributed by atoms with Crippen LogP contribution in [0.1, 0.15) is 24.8 Å². The Kier molecular flexibility index (Phi) is 5.99. The van der Waals surface area contributed by atoms with Gasteiger partial charge in [-0.1, -0.05) is 6.07 Å². The normalized spacial score (nSPS) is 16.2. The summed E-state index contributed by atoms with van der Waals surface area (Å²) in [5.74, 6) is -5.44. The molecule has 30 heavy (non-hydrogen) atoms. The van der Waals surface area contributed by atoms with Gasteiger partial charge in [0.05, 0.1) is 23.1 Å². The third kappa shape index (κ3) is 4.23. The number of rotatable bonds is 8. The van der Waals surface area contributed by atoms with Gasteiger partial charge in [0.15, 0.2) is 17.5 Å². The number of aryl methyl sites for hydroxylation is 1. The van der Waals surface area contributed by atoms with E-state index in [1.54, 1.807) is 6.92 Å². The van der Waals surface area contributed by atoms with E-state index in [-0.39, 0.29) is 31.0 Å². The minimum absolute atomic E-state index is 0.125. The van der Waals surface area contributed by atoms with Crippen LogP contribution in [0.2, 0.25) is 0 Å². The van der Waals surface area contributed by atoms with Crippen molar-refractivity contribution in [2.24, 2.45) is 0 Å². The molecule has 0 spiro atoms. The van der Waals surface area contributed by atoms with Crippen LogP contribution in [0, 0.1) is 30.2 Å². The van der Waals surface area contributed by atoms with Crippen molar-refractivity contribution < 1.29 is 36.2 Å². The summed E-state index contributed by atoms with van der Waals surface area (Å²) < 4.78 is 82.9. The lowest BCUT2D eigenvalue weighted by atomic mass is 10.2. The zero-order valence-electron chi connectivity index (χ0n) is 15.8. The number of benzene rings is 2. The van der Waals surface area contributed by atoms with E-state index < -0.39 is 62.1 Å². The zero-order valence-corrected chi connectivity index (χ0v) is 16.7. The first kappa shape index (κ1) is 22.3. The van der Waals surface area contributed by atoms with Gasteiger partial charge in [-0.25, -0.2) is 26.0 Å². The molecule has 2 aromatic rings. The van der Waals surface area contributed by atoms with E-state index in [9.17, 15) is 31.1 Å². The van der Waals surface area contributed by atoms with Crippen molar-refractivity contribution >= 4 is 27.1 Å². The van der Waals surface area contributed by atoms with E-state index in [1.165, 1.54) is 12.1 Å². The summed E-state index contributed by atoms with van der Waals surface area (Å²) in [6.07, 6.45) is -1.39. The van der Waals surface area contributed by atoms with E-state index in [4.69, 9.17) is 5.11 Å². The molecule has 1 fully saturated rings. The van der Waals surface area contributed by atoms with Gasteiger partial charge in [-0.05, 0) is 43.9 Å². The number of anilines is 3. The molecule has 0 amide bonds. The largest absolute Gasteiger partial charge is 0.394 e. The molecule has 1 atom stereocenters. The summed E-state index contributed by atoms with van der Waals surface area (Å²) >= 11 is 0. The number of aliphatic hydroxyl groups is 2. The quantitative estimate of drug-likeness (QED) is 0.367. The number of nitrogens with one attached hydrogen (secondary N) is 2. The minimum Gasteiger partial charge on any atom is -0.394 e. The smallest absolute Gasteiger partial charge is 0.238 e. The van der Waals surface area contributed by atoms with Gasteiger partial charge >= 0.3 is 0 Å². The second-order valence-corrected chi connectivity index (χ2v) is 9.42. The zero-order chi connectivity index (χ0) is 22.3. The maximum absolute atomic E-state index is 14.5. The summed E-state index contributed by atoms with van der Waals surface area (Å²) in [7, 11) is -4.37. The average molecular weight is 448 g/mol. The molecule has 1 aliphatic carbocycles. The van der Waals surface area contributed by atoms with Crippen molar-refractivity contribution in [3.8, 4) is 0 Å². The molecule has 3 rings (SSSR count). The average Bonchev–Trinajstić information content (AvgIpc) is 3.45. The van der Waals surface area contributed by atoms with Crippen LogP contribution in [0.4, 0.5) is 34.6 Å². The second kappa shape index (κ2) is 8.05. The molecule has 4 N–H and O–H groups in total. The van der Waals surface area contributed by atoms with Gasteiger partial charge in [0.2, 0.25) is 10.0 Å². The van der Waals surface area contributed by atoms with Gasteiger partial charge in [0.1, 0.15) is 17.2 Å². The molecule has 6 nitrogen and oxygen atoms in total. The predicted molar refractivity (Wildman–Crippen MR) is 103 cm³/mol. The van der Waals surface area contributed by atoms with Crippen LogP contribution in [0.25, 0.3) is 0 Å². The van der Waals surface area contributed by atoms with Gasteiger partial charge in [0, 0.05) is 6.07 Å². The highest BCUT2D eigenvalue weighted by atomic mass is 32.2. The van der Waals surface area contributed by atoms with Gasteiger partial charge in [-0.3, -0.25) is 4.72 Å². The lowest BCUT2D eigenvalue weighted by Crippen LogP contribution is -2.34. The fraction of sp³-hybridized carbons (Fsp3) is 0.368. The van der Waals surface area contributed by atoms with Crippen molar-refractivity contribution in [3.63, 3.8) is 0 Å². The molecule has 0 aliphatic heterocycles. The number of sulfonamides is 1. The molecule has 1 saturated carbocycles. The molecule has 1 aliphatic rings. The first-order valence-corrected chi connectivity index (χ1v) is 10.5. The molecular weight excluding hydrogens is 428 g/mol. The lowest BCUT2D eigenvalue weighted by molar-refractivity contribution is 0.0858. The van der Waals surface area contributed by atoms with Crippen molar-refractivity contribution in [2.45, 2.75) is 37.0 Å². The highest BCUT2D eigenvalue weighted by Gasteiger charge is 2.55. The highest BCUT2D eigenvalue weighted by Crippen LogP contribution is 2.48. The van der Waals surface area contributed by atoms with E-state index in [0.29, 0.717) is 5.56 Å². The van der Waals surface area contributed by atoms with Gasteiger partial charge < -0.3 is 15.5 Å². The van der Waals surface area contributed by atoms with Crippen LogP contribution in [-0.4, -0.2) is 36.1 Å². The van der Waals surface area contributed by atoms with E-state index >= 15 is 0 Å². The van der Waals surface area contributed by atoms with Crippen LogP contribution in [0.5, 0.6) is 0 Å². The van der Waals surface area contributed by atoms with Crippen LogP contribution >= 0.6 is 0 Å². The Morgan fingerprint density at radius 1 is 1.07 bits per heavy atom. The summed E-state index contributed by atoms with van der Waals surface area (Å²) in [5.41, 5.74) is -1.61. The maximum Gasteiger partial charge on any atom is 0.238 e. The van der Waals surface area contributed by atoms with Crippen LogP contribution in [-0.2, 0) is 10.0 Å². The summed E-state index contributed by atoms with van der Waals surface area (Å²) in [4.78, 5) is 0. The Hall–Kier alpha value is -2.37. The number of hydrogen-bond donors (Lipinski definition) is 4. The van der Waals surface area contributed by atoms with Crippen LogP contribution < -0.4 is 10.0 Å². The molecule has 0 heterocycles. The number of hydrogen-bond acceptors (Lipinski definition) is 5. The molecule has 164 valence electrons. The summed E-state index contributed by atoms with van der Waals surface area (Å²) in [6.45, 7) is 0.932. The van der Waals surface area contributed by atoms with Crippen LogP contribution in [0.3, 0.4) is 0 Å². The van der Waals surface area contributed by atoms with E-state index in [2.05, 4.69) is 5.32 Å². The predicted octanol–water partition coefficient (Wildman–Crippen LogP) is 3.31. The standard InChI is InChI=1S/C19H20F4N2O4S/c1-10-2-3-15(12(20)6-10)24-18-16(23)13(21)7-14(22)17(18)25-30(28,29)19(4-5-19)8-11(27)9-26/h2-3,6-7,11,24-27H,4-5,8-9H2,1H3. The van der Waals surface area contributed by atoms with Crippen molar-refractivity contribution in [3.05, 3.63) is 53.1 Å². The fourth-order valence-electron chi connectivity index (χ4n) is 3.13. The third-order valence-corrected chi connectivity index (χ3v) is 7.18. The first-order chi connectivity index (χ1) is 14.0. The molecular formula is C19H20F4N2O4S. The summed E-state index contributed by atoms with van der Waals surface area (Å²) in [5, 5.41) is 20.8. The minimum atomic E-state index is -4.37. The van der Waals surface area contributed by atoms with E-state index in [0.717, 1.165) is 6.07 Å². The Morgan fingerprint density at radius 2 is 1.73 bits per heavy atom. The lowest BCUT2D eigenvalue weighted by Gasteiger charge is -2.22. The highest BCUT2D eigenvalue weighted by molar-refractivity contribution is 7.94. The Balaban J connectivity index is 2.02. The topological polar surface area (TPSA) is 98.7 Å². The van der Waals surface area contributed by atoms with Gasteiger partial charge in [0.25, 0.3) is 0 Å². The van der Waals surface area contributed by atoms with Gasteiger partial charge in [-0.15, -0.1) is 0 Å². The molecule has 0 aromatic heterocycles.